The highest BCUT2D eigenvalue weighted by atomic mass is 16.2. The SMILES string of the molecule is CCn1c(C2CCN(C(=O)CCc3ccccc3)CC2)nn(Cc2ccccc2)c1=O. The van der Waals surface area contributed by atoms with Gasteiger partial charge in [0.15, 0.2) is 0 Å². The molecule has 1 aliphatic heterocycles. The third kappa shape index (κ3) is 4.95. The number of carbonyl (C=O) groups excluding carboxylic acids is 1. The highest BCUT2D eigenvalue weighted by Crippen LogP contribution is 2.26. The van der Waals surface area contributed by atoms with Crippen molar-refractivity contribution in [3.05, 3.63) is 88.1 Å². The number of carbonyl (C=O) groups is 1. The third-order valence-electron chi connectivity index (χ3n) is 6.13. The van der Waals surface area contributed by atoms with Gasteiger partial charge in [-0.05, 0) is 37.3 Å². The Balaban J connectivity index is 1.38. The van der Waals surface area contributed by atoms with Crippen LogP contribution in [0.2, 0.25) is 0 Å². The molecule has 1 fully saturated rings. The first-order valence-electron chi connectivity index (χ1n) is 11.2. The Morgan fingerprint density at radius 1 is 0.968 bits per heavy atom. The van der Waals surface area contributed by atoms with Crippen molar-refractivity contribution in [3.63, 3.8) is 0 Å². The summed E-state index contributed by atoms with van der Waals surface area (Å²) >= 11 is 0. The Morgan fingerprint density at radius 3 is 2.19 bits per heavy atom. The molecule has 4 rings (SSSR count). The van der Waals surface area contributed by atoms with Gasteiger partial charge in [0.2, 0.25) is 5.91 Å². The minimum atomic E-state index is -0.0530. The number of likely N-dealkylation sites (tertiary alicyclic amines) is 1. The molecule has 6 nitrogen and oxygen atoms in total. The molecule has 0 bridgehead atoms. The molecule has 2 aromatic carbocycles. The summed E-state index contributed by atoms with van der Waals surface area (Å²) in [6.07, 6.45) is 3.01. The Hall–Kier alpha value is -3.15. The van der Waals surface area contributed by atoms with E-state index in [9.17, 15) is 9.59 Å². The molecule has 3 aromatic rings. The van der Waals surface area contributed by atoms with Crippen LogP contribution in [-0.2, 0) is 24.3 Å². The molecular weight excluding hydrogens is 388 g/mol. The average Bonchev–Trinajstić information content (AvgIpc) is 3.14. The first-order chi connectivity index (χ1) is 15.2. The maximum Gasteiger partial charge on any atom is 0.346 e. The molecule has 1 saturated heterocycles. The average molecular weight is 419 g/mol. The normalized spacial score (nSPS) is 14.7. The van der Waals surface area contributed by atoms with Crippen molar-refractivity contribution in [2.75, 3.05) is 13.1 Å². The predicted molar refractivity (Wildman–Crippen MR) is 121 cm³/mol. The molecule has 162 valence electrons. The number of aryl methyl sites for hydroxylation is 1. The van der Waals surface area contributed by atoms with Crippen molar-refractivity contribution >= 4 is 5.91 Å². The number of hydrogen-bond donors (Lipinski definition) is 0. The second-order valence-electron chi connectivity index (χ2n) is 8.17. The maximum atomic E-state index is 12.9. The predicted octanol–water partition coefficient (Wildman–Crippen LogP) is 3.45. The molecule has 0 aliphatic carbocycles. The second-order valence-corrected chi connectivity index (χ2v) is 8.17. The molecule has 6 heteroatoms. The first-order valence-corrected chi connectivity index (χ1v) is 11.2. The Morgan fingerprint density at radius 2 is 1.58 bits per heavy atom. The van der Waals surface area contributed by atoms with Gasteiger partial charge in [0.05, 0.1) is 6.54 Å². The van der Waals surface area contributed by atoms with Gasteiger partial charge in [-0.1, -0.05) is 60.7 Å². The van der Waals surface area contributed by atoms with Crippen molar-refractivity contribution in [1.82, 2.24) is 19.2 Å². The summed E-state index contributed by atoms with van der Waals surface area (Å²) < 4.78 is 3.37. The van der Waals surface area contributed by atoms with Crippen LogP contribution in [-0.4, -0.2) is 38.2 Å². The summed E-state index contributed by atoms with van der Waals surface area (Å²) in [6.45, 7) is 4.53. The van der Waals surface area contributed by atoms with E-state index in [1.807, 2.05) is 60.4 Å². The van der Waals surface area contributed by atoms with E-state index in [1.54, 1.807) is 9.25 Å². The number of nitrogens with zero attached hydrogens (tertiary/aromatic N) is 4. The molecule has 0 spiro atoms. The van der Waals surface area contributed by atoms with E-state index in [0.717, 1.165) is 43.7 Å². The lowest BCUT2D eigenvalue weighted by Gasteiger charge is -2.31. The lowest BCUT2D eigenvalue weighted by atomic mass is 9.95. The third-order valence-corrected chi connectivity index (χ3v) is 6.13. The van der Waals surface area contributed by atoms with Gasteiger partial charge in [0.1, 0.15) is 5.82 Å². The number of rotatable bonds is 7. The zero-order valence-electron chi connectivity index (χ0n) is 18.1. The summed E-state index contributed by atoms with van der Waals surface area (Å²) in [5.41, 5.74) is 2.21. The van der Waals surface area contributed by atoms with Crippen LogP contribution in [0.15, 0.2) is 65.5 Å². The lowest BCUT2D eigenvalue weighted by molar-refractivity contribution is -0.132. The van der Waals surface area contributed by atoms with Crippen LogP contribution in [0, 0.1) is 0 Å². The minimum Gasteiger partial charge on any atom is -0.343 e. The van der Waals surface area contributed by atoms with Gasteiger partial charge in [0, 0.05) is 32.0 Å². The lowest BCUT2D eigenvalue weighted by Crippen LogP contribution is -2.38. The van der Waals surface area contributed by atoms with Crippen LogP contribution >= 0.6 is 0 Å². The summed E-state index contributed by atoms with van der Waals surface area (Å²) in [5.74, 6) is 1.28. The van der Waals surface area contributed by atoms with Gasteiger partial charge in [-0.2, -0.15) is 5.10 Å². The molecule has 0 saturated carbocycles. The van der Waals surface area contributed by atoms with Crippen molar-refractivity contribution in [2.24, 2.45) is 0 Å². The van der Waals surface area contributed by atoms with E-state index in [1.165, 1.54) is 5.56 Å². The Labute approximate surface area is 183 Å². The zero-order chi connectivity index (χ0) is 21.6. The van der Waals surface area contributed by atoms with E-state index < -0.39 is 0 Å². The van der Waals surface area contributed by atoms with E-state index >= 15 is 0 Å². The maximum absolute atomic E-state index is 12.9. The van der Waals surface area contributed by atoms with Crippen LogP contribution in [0.1, 0.15) is 49.1 Å². The molecule has 1 aliphatic rings. The molecule has 0 radical (unpaired) electrons. The summed E-state index contributed by atoms with van der Waals surface area (Å²) in [6, 6.07) is 20.1. The topological polar surface area (TPSA) is 60.1 Å². The number of hydrogen-bond acceptors (Lipinski definition) is 3. The Bertz CT molecular complexity index is 1050. The summed E-state index contributed by atoms with van der Waals surface area (Å²) in [5, 5.41) is 4.71. The van der Waals surface area contributed by atoms with Crippen molar-refractivity contribution in [1.29, 1.82) is 0 Å². The van der Waals surface area contributed by atoms with Crippen LogP contribution in [0.5, 0.6) is 0 Å². The van der Waals surface area contributed by atoms with Gasteiger partial charge >= 0.3 is 5.69 Å². The van der Waals surface area contributed by atoms with E-state index in [4.69, 9.17) is 5.10 Å². The van der Waals surface area contributed by atoms with E-state index in [2.05, 4.69) is 12.1 Å². The quantitative estimate of drug-likeness (QED) is 0.590. The molecule has 1 aromatic heterocycles. The van der Waals surface area contributed by atoms with Gasteiger partial charge in [-0.3, -0.25) is 9.36 Å². The highest BCUT2D eigenvalue weighted by Gasteiger charge is 2.28. The fraction of sp³-hybridized carbons (Fsp3) is 0.400. The zero-order valence-corrected chi connectivity index (χ0v) is 18.1. The van der Waals surface area contributed by atoms with Crippen LogP contribution < -0.4 is 5.69 Å². The first kappa shape index (κ1) is 21.1. The van der Waals surface area contributed by atoms with Crippen molar-refractivity contribution < 1.29 is 4.79 Å². The van der Waals surface area contributed by atoms with Crippen molar-refractivity contribution in [3.8, 4) is 0 Å². The monoisotopic (exact) mass is 418 g/mol. The number of amides is 1. The van der Waals surface area contributed by atoms with Gasteiger partial charge in [-0.15, -0.1) is 0 Å². The fourth-order valence-corrected chi connectivity index (χ4v) is 4.36. The molecule has 0 N–H and O–H groups in total. The standard InChI is InChI=1S/C25H30N4O2/c1-2-28-24(26-29(25(28)31)19-21-11-7-4-8-12-21)22-15-17-27(18-16-22)23(30)14-13-20-9-5-3-6-10-20/h3-12,22H,2,13-19H2,1H3. The van der Waals surface area contributed by atoms with Gasteiger partial charge in [-0.25, -0.2) is 9.48 Å². The Kier molecular flexibility index (Phi) is 6.65. The number of benzene rings is 2. The molecular formula is C25H30N4O2. The van der Waals surface area contributed by atoms with Crippen molar-refractivity contribution in [2.45, 2.75) is 51.6 Å². The molecule has 31 heavy (non-hydrogen) atoms. The van der Waals surface area contributed by atoms with E-state index in [0.29, 0.717) is 19.5 Å². The summed E-state index contributed by atoms with van der Waals surface area (Å²) in [4.78, 5) is 27.5. The minimum absolute atomic E-state index is 0.0530. The molecule has 1 amide bonds. The van der Waals surface area contributed by atoms with Gasteiger partial charge in [0.25, 0.3) is 0 Å². The van der Waals surface area contributed by atoms with Crippen LogP contribution in [0.4, 0.5) is 0 Å². The number of piperidine rings is 1. The fourth-order valence-electron chi connectivity index (χ4n) is 4.36. The highest BCUT2D eigenvalue weighted by molar-refractivity contribution is 5.76. The molecule has 2 heterocycles. The van der Waals surface area contributed by atoms with E-state index in [-0.39, 0.29) is 17.5 Å². The summed E-state index contributed by atoms with van der Waals surface area (Å²) in [7, 11) is 0. The van der Waals surface area contributed by atoms with Crippen LogP contribution in [0.25, 0.3) is 0 Å². The molecule has 0 atom stereocenters. The largest absolute Gasteiger partial charge is 0.346 e. The second kappa shape index (κ2) is 9.77. The van der Waals surface area contributed by atoms with Gasteiger partial charge < -0.3 is 4.90 Å². The number of aromatic nitrogens is 3. The smallest absolute Gasteiger partial charge is 0.343 e. The van der Waals surface area contributed by atoms with Crippen LogP contribution in [0.3, 0.4) is 0 Å². The molecule has 0 unspecified atom stereocenters.